The highest BCUT2D eigenvalue weighted by Gasteiger charge is 2.16. The smallest absolute Gasteiger partial charge is 0.338 e. The Kier molecular flexibility index (Phi) is 5.09. The molecule has 0 aliphatic carbocycles. The molecule has 0 amide bonds. The Morgan fingerprint density at radius 3 is 2.50 bits per heavy atom. The first-order chi connectivity index (χ1) is 12.3. The lowest BCUT2D eigenvalue weighted by Gasteiger charge is -2.17. The molecule has 1 heterocycles. The third-order valence-corrected chi connectivity index (χ3v) is 4.02. The minimum Gasteiger partial charge on any atom is -0.458 e. The van der Waals surface area contributed by atoms with Crippen molar-refractivity contribution < 1.29 is 13.9 Å². The normalized spacial score (nSPS) is 12.5. The Labute approximate surface area is 153 Å². The van der Waals surface area contributed by atoms with E-state index in [-0.39, 0.29) is 12.1 Å². The summed E-state index contributed by atoms with van der Waals surface area (Å²) in [6.45, 7) is 6.64. The van der Waals surface area contributed by atoms with Gasteiger partial charge >= 0.3 is 5.97 Å². The van der Waals surface area contributed by atoms with Crippen LogP contribution in [-0.2, 0) is 4.74 Å². The highest BCUT2D eigenvalue weighted by Crippen LogP contribution is 2.26. The number of aryl methyl sites for hydroxylation is 2. The molecule has 0 saturated heterocycles. The summed E-state index contributed by atoms with van der Waals surface area (Å²) >= 11 is 0. The Morgan fingerprint density at radius 2 is 1.85 bits per heavy atom. The van der Waals surface area contributed by atoms with Gasteiger partial charge in [0.1, 0.15) is 11.6 Å². The molecule has 26 heavy (non-hydrogen) atoms. The summed E-state index contributed by atoms with van der Waals surface area (Å²) in [5.74, 6) is 0.198. The maximum Gasteiger partial charge on any atom is 0.338 e. The van der Waals surface area contributed by atoms with Gasteiger partial charge in [0.25, 0.3) is 0 Å². The molecule has 136 valence electrons. The van der Waals surface area contributed by atoms with E-state index in [1.165, 1.54) is 0 Å². The number of benzene rings is 2. The zero-order valence-electron chi connectivity index (χ0n) is 15.9. The molecule has 0 radical (unpaired) electrons. The standard InChI is InChI=1S/C21H24N2O3/c1-13-8-14(2)10-17(9-13)20-22-18-7-6-16(11-19(18)26-20)21(24)25-15(3)12-23(4)5/h6-11,15H,12H2,1-5H3/t15-/m1/s1. The number of fused-ring (bicyclic) bond motifs is 1. The van der Waals surface area contributed by atoms with E-state index in [1.807, 2.05) is 51.9 Å². The number of hydrogen-bond acceptors (Lipinski definition) is 5. The molecule has 1 atom stereocenters. The summed E-state index contributed by atoms with van der Waals surface area (Å²) in [7, 11) is 3.89. The fraction of sp³-hybridized carbons (Fsp3) is 0.333. The first kappa shape index (κ1) is 18.1. The summed E-state index contributed by atoms with van der Waals surface area (Å²) in [6, 6.07) is 11.4. The zero-order chi connectivity index (χ0) is 18.8. The molecule has 3 rings (SSSR count). The summed E-state index contributed by atoms with van der Waals surface area (Å²) in [4.78, 5) is 18.9. The molecule has 0 N–H and O–H groups in total. The van der Waals surface area contributed by atoms with Crippen molar-refractivity contribution in [1.82, 2.24) is 9.88 Å². The van der Waals surface area contributed by atoms with E-state index in [1.54, 1.807) is 18.2 Å². The molecule has 0 unspecified atom stereocenters. The van der Waals surface area contributed by atoms with Crippen LogP contribution < -0.4 is 0 Å². The molecule has 0 fully saturated rings. The lowest BCUT2D eigenvalue weighted by atomic mass is 10.1. The number of carbonyl (C=O) groups excluding carboxylic acids is 1. The highest BCUT2D eigenvalue weighted by molar-refractivity contribution is 5.93. The Bertz CT molecular complexity index is 923. The number of ether oxygens (including phenoxy) is 1. The van der Waals surface area contributed by atoms with Gasteiger partial charge in [0.15, 0.2) is 5.58 Å². The van der Waals surface area contributed by atoms with E-state index in [0.29, 0.717) is 23.6 Å². The quantitative estimate of drug-likeness (QED) is 0.644. The number of carbonyl (C=O) groups is 1. The van der Waals surface area contributed by atoms with Crippen LogP contribution in [0.3, 0.4) is 0 Å². The molecule has 0 aliphatic heterocycles. The number of aromatic nitrogens is 1. The van der Waals surface area contributed by atoms with Crippen LogP contribution in [0.5, 0.6) is 0 Å². The largest absolute Gasteiger partial charge is 0.458 e. The molecule has 1 aromatic heterocycles. The van der Waals surface area contributed by atoms with E-state index in [4.69, 9.17) is 9.15 Å². The molecular formula is C21H24N2O3. The Hall–Kier alpha value is -2.66. The predicted molar refractivity (Wildman–Crippen MR) is 102 cm³/mol. The van der Waals surface area contributed by atoms with E-state index in [2.05, 4.69) is 11.1 Å². The number of oxazole rings is 1. The fourth-order valence-corrected chi connectivity index (χ4v) is 3.08. The fourth-order valence-electron chi connectivity index (χ4n) is 3.08. The highest BCUT2D eigenvalue weighted by atomic mass is 16.5. The average molecular weight is 352 g/mol. The second kappa shape index (κ2) is 7.30. The molecule has 3 aromatic rings. The lowest BCUT2D eigenvalue weighted by Crippen LogP contribution is -2.28. The van der Waals surface area contributed by atoms with Crippen LogP contribution in [0.25, 0.3) is 22.6 Å². The van der Waals surface area contributed by atoms with Crippen LogP contribution in [-0.4, -0.2) is 42.6 Å². The van der Waals surface area contributed by atoms with E-state index in [0.717, 1.165) is 22.2 Å². The zero-order valence-corrected chi connectivity index (χ0v) is 15.9. The van der Waals surface area contributed by atoms with E-state index < -0.39 is 0 Å². The maximum absolute atomic E-state index is 12.3. The summed E-state index contributed by atoms with van der Waals surface area (Å²) in [6.07, 6.45) is -0.186. The Balaban J connectivity index is 1.86. The van der Waals surface area contributed by atoms with Gasteiger partial charge in [0.05, 0.1) is 5.56 Å². The number of rotatable bonds is 5. The van der Waals surface area contributed by atoms with Gasteiger partial charge < -0.3 is 14.1 Å². The second-order valence-electron chi connectivity index (χ2n) is 7.06. The molecule has 5 heteroatoms. The van der Waals surface area contributed by atoms with Crippen molar-refractivity contribution in [1.29, 1.82) is 0 Å². The first-order valence-corrected chi connectivity index (χ1v) is 8.67. The average Bonchev–Trinajstić information content (AvgIpc) is 2.96. The van der Waals surface area contributed by atoms with Crippen molar-refractivity contribution in [3.8, 4) is 11.5 Å². The third-order valence-electron chi connectivity index (χ3n) is 4.02. The van der Waals surface area contributed by atoms with Gasteiger partial charge in [-0.1, -0.05) is 17.2 Å². The van der Waals surface area contributed by atoms with Gasteiger partial charge in [-0.05, 0) is 65.2 Å². The van der Waals surface area contributed by atoms with Crippen molar-refractivity contribution in [2.75, 3.05) is 20.6 Å². The molecule has 0 bridgehead atoms. The molecular weight excluding hydrogens is 328 g/mol. The third kappa shape index (κ3) is 4.11. The number of esters is 1. The van der Waals surface area contributed by atoms with Crippen molar-refractivity contribution in [3.05, 3.63) is 53.1 Å². The summed E-state index contributed by atoms with van der Waals surface area (Å²) in [5, 5.41) is 0. The second-order valence-corrected chi connectivity index (χ2v) is 7.06. The van der Waals surface area contributed by atoms with E-state index in [9.17, 15) is 4.79 Å². The summed E-state index contributed by atoms with van der Waals surface area (Å²) < 4.78 is 11.4. The topological polar surface area (TPSA) is 55.6 Å². The molecule has 0 spiro atoms. The minimum atomic E-state index is -0.356. The summed E-state index contributed by atoms with van der Waals surface area (Å²) in [5.41, 5.74) is 5.00. The molecule has 0 aliphatic rings. The van der Waals surface area contributed by atoms with Crippen LogP contribution in [0.2, 0.25) is 0 Å². The molecule has 0 saturated carbocycles. The number of nitrogens with zero attached hydrogens (tertiary/aromatic N) is 2. The SMILES string of the molecule is Cc1cc(C)cc(-c2nc3ccc(C(=O)O[C@H](C)CN(C)C)cc3o2)c1. The predicted octanol–water partition coefficient (Wildman–Crippen LogP) is 4.22. The van der Waals surface area contributed by atoms with E-state index >= 15 is 0 Å². The molecule has 5 nitrogen and oxygen atoms in total. The van der Waals surface area contributed by atoms with Gasteiger partial charge in [-0.25, -0.2) is 9.78 Å². The van der Waals surface area contributed by atoms with Gasteiger partial charge in [-0.2, -0.15) is 0 Å². The molecule has 2 aromatic carbocycles. The first-order valence-electron chi connectivity index (χ1n) is 8.67. The van der Waals surface area contributed by atoms with Gasteiger partial charge in [0, 0.05) is 12.1 Å². The van der Waals surface area contributed by atoms with Crippen LogP contribution in [0.15, 0.2) is 40.8 Å². The monoisotopic (exact) mass is 352 g/mol. The van der Waals surface area contributed by atoms with Crippen molar-refractivity contribution in [2.24, 2.45) is 0 Å². The van der Waals surface area contributed by atoms with Crippen LogP contribution in [0.1, 0.15) is 28.4 Å². The Morgan fingerprint density at radius 1 is 1.15 bits per heavy atom. The van der Waals surface area contributed by atoms with Crippen molar-refractivity contribution in [2.45, 2.75) is 26.9 Å². The number of likely N-dealkylation sites (N-methyl/N-ethyl adjacent to an activating group) is 1. The maximum atomic E-state index is 12.3. The van der Waals surface area contributed by atoms with Gasteiger partial charge in [0.2, 0.25) is 5.89 Å². The van der Waals surface area contributed by atoms with Gasteiger partial charge in [-0.3, -0.25) is 0 Å². The van der Waals surface area contributed by atoms with Crippen LogP contribution >= 0.6 is 0 Å². The van der Waals surface area contributed by atoms with Crippen LogP contribution in [0.4, 0.5) is 0 Å². The number of hydrogen-bond donors (Lipinski definition) is 0. The lowest BCUT2D eigenvalue weighted by molar-refractivity contribution is 0.0289. The van der Waals surface area contributed by atoms with Crippen LogP contribution in [0, 0.1) is 13.8 Å². The van der Waals surface area contributed by atoms with Crippen molar-refractivity contribution >= 4 is 17.1 Å². The minimum absolute atomic E-state index is 0.186. The van der Waals surface area contributed by atoms with Crippen molar-refractivity contribution in [3.63, 3.8) is 0 Å². The van der Waals surface area contributed by atoms with Gasteiger partial charge in [-0.15, -0.1) is 0 Å².